The minimum Gasteiger partial charge on any atom is -0.207 e. The third-order valence-corrected chi connectivity index (χ3v) is 5.65. The molecule has 0 N–H and O–H groups in total. The fourth-order valence-corrected chi connectivity index (χ4v) is 4.30. The van der Waals surface area contributed by atoms with Crippen molar-refractivity contribution < 1.29 is 8.78 Å². The minimum absolute atomic E-state index is 0.225. The summed E-state index contributed by atoms with van der Waals surface area (Å²) in [5, 5.41) is -0.609. The topological polar surface area (TPSA) is 0 Å². The van der Waals surface area contributed by atoms with Crippen molar-refractivity contribution in [2.75, 3.05) is 0 Å². The summed E-state index contributed by atoms with van der Waals surface area (Å²) in [6.45, 7) is 0. The maximum atomic E-state index is 13.8. The van der Waals surface area contributed by atoms with Gasteiger partial charge in [-0.05, 0) is 55.5 Å². The lowest BCUT2D eigenvalue weighted by Gasteiger charge is -2.09. The Kier molecular flexibility index (Phi) is 4.08. The summed E-state index contributed by atoms with van der Waals surface area (Å²) in [6.07, 6.45) is 5.81. The van der Waals surface area contributed by atoms with E-state index in [2.05, 4.69) is 6.07 Å². The molecule has 0 spiro atoms. The zero-order valence-electron chi connectivity index (χ0n) is 11.0. The molecular formula is C16H15ClF2S. The van der Waals surface area contributed by atoms with Crippen molar-refractivity contribution in [3.63, 3.8) is 0 Å². The first-order chi connectivity index (χ1) is 9.65. The van der Waals surface area contributed by atoms with Crippen LogP contribution in [0.3, 0.4) is 0 Å². The summed E-state index contributed by atoms with van der Waals surface area (Å²) in [5.74, 6) is -0.903. The lowest BCUT2D eigenvalue weighted by molar-refractivity contribution is 0.587. The van der Waals surface area contributed by atoms with E-state index < -0.39 is 17.0 Å². The zero-order valence-corrected chi connectivity index (χ0v) is 12.5. The van der Waals surface area contributed by atoms with E-state index in [1.165, 1.54) is 35.8 Å². The smallest absolute Gasteiger partial charge is 0.128 e. The molecule has 106 valence electrons. The molecule has 1 aromatic carbocycles. The molecule has 1 heterocycles. The second-order valence-corrected chi connectivity index (χ2v) is 6.79. The number of benzene rings is 1. The molecule has 1 aliphatic carbocycles. The van der Waals surface area contributed by atoms with Gasteiger partial charge in [-0.1, -0.05) is 6.42 Å². The van der Waals surface area contributed by atoms with Gasteiger partial charge in [-0.3, -0.25) is 0 Å². The second kappa shape index (κ2) is 5.82. The number of hydrogen-bond donors (Lipinski definition) is 0. The van der Waals surface area contributed by atoms with E-state index in [0.717, 1.165) is 29.9 Å². The number of halogens is 3. The summed E-state index contributed by atoms with van der Waals surface area (Å²) in [4.78, 5) is 2.28. The van der Waals surface area contributed by atoms with Gasteiger partial charge in [0, 0.05) is 15.3 Å². The van der Waals surface area contributed by atoms with Crippen LogP contribution >= 0.6 is 22.9 Å². The van der Waals surface area contributed by atoms with Gasteiger partial charge >= 0.3 is 0 Å². The van der Waals surface area contributed by atoms with Crippen LogP contribution in [0.5, 0.6) is 0 Å². The van der Waals surface area contributed by atoms with Crippen LogP contribution in [0, 0.1) is 11.6 Å². The molecule has 0 saturated heterocycles. The lowest BCUT2D eigenvalue weighted by Crippen LogP contribution is -1.96. The molecule has 0 radical (unpaired) electrons. The summed E-state index contributed by atoms with van der Waals surface area (Å²) >= 11 is 8.02. The second-order valence-electron chi connectivity index (χ2n) is 5.19. The maximum absolute atomic E-state index is 13.8. The number of hydrogen-bond acceptors (Lipinski definition) is 1. The zero-order chi connectivity index (χ0) is 14.1. The highest BCUT2D eigenvalue weighted by molar-refractivity contribution is 7.12. The molecule has 0 aliphatic heterocycles. The fraction of sp³-hybridized carbons (Fsp3) is 0.375. The Balaban J connectivity index is 1.94. The van der Waals surface area contributed by atoms with Crippen molar-refractivity contribution >= 4 is 22.9 Å². The van der Waals surface area contributed by atoms with Crippen LogP contribution in [0.15, 0.2) is 24.3 Å². The van der Waals surface area contributed by atoms with Gasteiger partial charge in [0.1, 0.15) is 11.6 Å². The first-order valence-corrected chi connectivity index (χ1v) is 8.11. The monoisotopic (exact) mass is 312 g/mol. The Morgan fingerprint density at radius 2 is 1.85 bits per heavy atom. The van der Waals surface area contributed by atoms with Gasteiger partial charge in [0.2, 0.25) is 0 Å². The lowest BCUT2D eigenvalue weighted by atomic mass is 10.1. The number of thiophene rings is 1. The van der Waals surface area contributed by atoms with Crippen molar-refractivity contribution in [1.82, 2.24) is 0 Å². The van der Waals surface area contributed by atoms with Gasteiger partial charge < -0.3 is 0 Å². The normalized spacial score (nSPS) is 16.6. The predicted octanol–water partition coefficient (Wildman–Crippen LogP) is 5.62. The molecule has 0 nitrogen and oxygen atoms in total. The molecule has 0 saturated carbocycles. The third kappa shape index (κ3) is 2.75. The van der Waals surface area contributed by atoms with Crippen LogP contribution in [0.2, 0.25) is 0 Å². The van der Waals surface area contributed by atoms with Crippen molar-refractivity contribution in [2.24, 2.45) is 0 Å². The highest BCUT2D eigenvalue weighted by atomic mass is 35.5. The Hall–Kier alpha value is -0.930. The molecule has 1 aromatic heterocycles. The molecule has 1 unspecified atom stereocenters. The molecule has 1 aliphatic rings. The third-order valence-electron chi connectivity index (χ3n) is 3.75. The quantitative estimate of drug-likeness (QED) is 0.498. The summed E-state index contributed by atoms with van der Waals surface area (Å²) in [5.41, 5.74) is 1.56. The molecule has 2 aromatic rings. The Morgan fingerprint density at radius 1 is 1.05 bits per heavy atom. The van der Waals surface area contributed by atoms with Gasteiger partial charge in [0.25, 0.3) is 0 Å². The average Bonchev–Trinajstić information content (AvgIpc) is 2.72. The fourth-order valence-electron chi connectivity index (χ4n) is 2.68. The molecule has 1 atom stereocenters. The van der Waals surface area contributed by atoms with Gasteiger partial charge in [-0.2, -0.15) is 0 Å². The standard InChI is InChI=1S/C16H15ClF2S/c17-16(12-9-11(18)6-7-13(12)19)15-8-10-4-2-1-3-5-14(10)20-15/h6-9,16H,1-5H2. The highest BCUT2D eigenvalue weighted by Gasteiger charge is 2.21. The summed E-state index contributed by atoms with van der Waals surface area (Å²) in [6, 6.07) is 5.52. The van der Waals surface area contributed by atoms with E-state index in [1.807, 2.05) is 0 Å². The first-order valence-electron chi connectivity index (χ1n) is 6.85. The molecule has 0 bridgehead atoms. The molecule has 4 heteroatoms. The van der Waals surface area contributed by atoms with Crippen molar-refractivity contribution in [3.05, 3.63) is 56.8 Å². The minimum atomic E-state index is -0.609. The average molecular weight is 313 g/mol. The number of aryl methyl sites for hydroxylation is 2. The van der Waals surface area contributed by atoms with Crippen LogP contribution in [-0.2, 0) is 12.8 Å². The van der Waals surface area contributed by atoms with Crippen LogP contribution < -0.4 is 0 Å². The SMILES string of the molecule is Fc1ccc(F)c(C(Cl)c2cc3c(s2)CCCCC3)c1. The van der Waals surface area contributed by atoms with Gasteiger partial charge in [-0.25, -0.2) is 8.78 Å². The number of fused-ring (bicyclic) bond motifs is 1. The molecule has 0 fully saturated rings. The molecular weight excluding hydrogens is 298 g/mol. The Labute approximate surface area is 126 Å². The van der Waals surface area contributed by atoms with E-state index >= 15 is 0 Å². The van der Waals surface area contributed by atoms with Gasteiger partial charge in [-0.15, -0.1) is 22.9 Å². The largest absolute Gasteiger partial charge is 0.207 e. The Bertz CT molecular complexity index is 597. The molecule has 0 amide bonds. The molecule has 20 heavy (non-hydrogen) atoms. The summed E-state index contributed by atoms with van der Waals surface area (Å²) in [7, 11) is 0. The first kappa shape index (κ1) is 14.0. The van der Waals surface area contributed by atoms with E-state index in [1.54, 1.807) is 11.3 Å². The predicted molar refractivity (Wildman–Crippen MR) is 79.6 cm³/mol. The molecule has 3 rings (SSSR count). The van der Waals surface area contributed by atoms with E-state index in [4.69, 9.17) is 11.6 Å². The van der Waals surface area contributed by atoms with Gasteiger partial charge in [0.15, 0.2) is 0 Å². The van der Waals surface area contributed by atoms with Crippen LogP contribution in [-0.4, -0.2) is 0 Å². The maximum Gasteiger partial charge on any atom is 0.128 e. The van der Waals surface area contributed by atoms with Gasteiger partial charge in [0.05, 0.1) is 5.38 Å². The van der Waals surface area contributed by atoms with Crippen LogP contribution in [0.4, 0.5) is 8.78 Å². The van der Waals surface area contributed by atoms with Crippen LogP contribution in [0.1, 0.15) is 45.5 Å². The number of alkyl halides is 1. The van der Waals surface area contributed by atoms with E-state index in [9.17, 15) is 8.78 Å². The van der Waals surface area contributed by atoms with Crippen molar-refractivity contribution in [3.8, 4) is 0 Å². The number of rotatable bonds is 2. The van der Waals surface area contributed by atoms with E-state index in [0.29, 0.717) is 0 Å². The van der Waals surface area contributed by atoms with Crippen molar-refractivity contribution in [1.29, 1.82) is 0 Å². The Morgan fingerprint density at radius 3 is 2.70 bits per heavy atom. The highest BCUT2D eigenvalue weighted by Crippen LogP contribution is 2.39. The van der Waals surface area contributed by atoms with E-state index in [-0.39, 0.29) is 5.56 Å². The van der Waals surface area contributed by atoms with Crippen LogP contribution in [0.25, 0.3) is 0 Å². The summed E-state index contributed by atoms with van der Waals surface area (Å²) < 4.78 is 27.1. The van der Waals surface area contributed by atoms with Crippen molar-refractivity contribution in [2.45, 2.75) is 37.5 Å².